The Morgan fingerprint density at radius 3 is 2.53 bits per heavy atom. The molecule has 2 aliphatic heterocycles. The third-order valence-electron chi connectivity index (χ3n) is 4.05. The zero-order valence-corrected chi connectivity index (χ0v) is 10.8. The van der Waals surface area contributed by atoms with Crippen LogP contribution in [0.1, 0.15) is 32.1 Å². The molecular formula is C13H24N2O2. The van der Waals surface area contributed by atoms with Gasteiger partial charge in [-0.05, 0) is 44.7 Å². The molecule has 4 heteroatoms. The van der Waals surface area contributed by atoms with Crippen LogP contribution >= 0.6 is 0 Å². The van der Waals surface area contributed by atoms with Crippen LogP contribution in [-0.4, -0.2) is 50.2 Å². The molecule has 0 radical (unpaired) electrons. The molecule has 0 unspecified atom stereocenters. The molecule has 0 aromatic heterocycles. The fourth-order valence-corrected chi connectivity index (χ4v) is 2.74. The summed E-state index contributed by atoms with van der Waals surface area (Å²) < 4.78 is 5.32. The fourth-order valence-electron chi connectivity index (χ4n) is 2.74. The minimum atomic E-state index is 0.323. The number of rotatable bonds is 3. The predicted molar refractivity (Wildman–Crippen MR) is 66.8 cm³/mol. The summed E-state index contributed by atoms with van der Waals surface area (Å²) in [7, 11) is 1.97. The zero-order chi connectivity index (χ0) is 12.1. The van der Waals surface area contributed by atoms with E-state index in [2.05, 4.69) is 5.32 Å². The van der Waals surface area contributed by atoms with E-state index in [1.807, 2.05) is 11.9 Å². The third-order valence-corrected chi connectivity index (χ3v) is 4.05. The zero-order valence-electron chi connectivity index (χ0n) is 10.8. The van der Waals surface area contributed by atoms with Crippen molar-refractivity contribution < 1.29 is 9.53 Å². The van der Waals surface area contributed by atoms with Gasteiger partial charge in [0, 0.05) is 32.7 Å². The molecule has 0 bridgehead atoms. The predicted octanol–water partition coefficient (Wildman–Crippen LogP) is 1.01. The number of piperidine rings is 1. The van der Waals surface area contributed by atoms with E-state index in [0.717, 1.165) is 52.0 Å². The van der Waals surface area contributed by atoms with Gasteiger partial charge in [0.05, 0.1) is 0 Å². The standard InChI is InChI=1S/C13H24N2O2/c1-15(12-2-6-14-7-3-12)13(16)10-11-4-8-17-9-5-11/h11-12,14H,2-10H2,1H3. The topological polar surface area (TPSA) is 41.6 Å². The van der Waals surface area contributed by atoms with E-state index in [0.29, 0.717) is 24.3 Å². The Bertz CT molecular complexity index is 246. The lowest BCUT2D eigenvalue weighted by Gasteiger charge is -2.33. The molecule has 1 N–H and O–H groups in total. The van der Waals surface area contributed by atoms with E-state index in [1.165, 1.54) is 0 Å². The number of ether oxygens (including phenoxy) is 1. The minimum Gasteiger partial charge on any atom is -0.381 e. The van der Waals surface area contributed by atoms with E-state index in [1.54, 1.807) is 0 Å². The number of amides is 1. The normalized spacial score (nSPS) is 23.6. The molecule has 4 nitrogen and oxygen atoms in total. The maximum atomic E-state index is 12.2. The Kier molecular flexibility index (Phi) is 4.80. The number of hydrogen-bond donors (Lipinski definition) is 1. The molecular weight excluding hydrogens is 216 g/mol. The number of nitrogens with one attached hydrogen (secondary N) is 1. The number of carbonyl (C=O) groups is 1. The van der Waals surface area contributed by atoms with Crippen LogP contribution < -0.4 is 5.32 Å². The van der Waals surface area contributed by atoms with E-state index >= 15 is 0 Å². The molecule has 0 spiro atoms. The molecule has 0 aromatic rings. The third kappa shape index (κ3) is 3.68. The van der Waals surface area contributed by atoms with Gasteiger partial charge in [-0.25, -0.2) is 0 Å². The molecule has 0 saturated carbocycles. The molecule has 0 atom stereocenters. The Morgan fingerprint density at radius 2 is 1.88 bits per heavy atom. The van der Waals surface area contributed by atoms with Crippen molar-refractivity contribution in [3.05, 3.63) is 0 Å². The fraction of sp³-hybridized carbons (Fsp3) is 0.923. The van der Waals surface area contributed by atoms with E-state index in [9.17, 15) is 4.79 Å². The lowest BCUT2D eigenvalue weighted by atomic mass is 9.95. The highest BCUT2D eigenvalue weighted by Gasteiger charge is 2.24. The van der Waals surface area contributed by atoms with Crippen LogP contribution in [0.5, 0.6) is 0 Å². The van der Waals surface area contributed by atoms with Gasteiger partial charge in [0.25, 0.3) is 0 Å². The van der Waals surface area contributed by atoms with Crippen molar-refractivity contribution in [2.24, 2.45) is 5.92 Å². The summed E-state index contributed by atoms with van der Waals surface area (Å²) in [5.41, 5.74) is 0. The van der Waals surface area contributed by atoms with Crippen LogP contribution in [0.4, 0.5) is 0 Å². The molecule has 0 aromatic carbocycles. The maximum absolute atomic E-state index is 12.2. The molecule has 2 rings (SSSR count). The van der Waals surface area contributed by atoms with Gasteiger partial charge < -0.3 is 15.0 Å². The Labute approximate surface area is 104 Å². The summed E-state index contributed by atoms with van der Waals surface area (Å²) in [6.45, 7) is 3.74. The first-order chi connectivity index (χ1) is 8.27. The Balaban J connectivity index is 1.77. The lowest BCUT2D eigenvalue weighted by molar-refractivity contribution is -0.134. The average Bonchev–Trinajstić information content (AvgIpc) is 2.40. The quantitative estimate of drug-likeness (QED) is 0.800. The van der Waals surface area contributed by atoms with Crippen molar-refractivity contribution in [1.82, 2.24) is 10.2 Å². The average molecular weight is 240 g/mol. The Morgan fingerprint density at radius 1 is 1.24 bits per heavy atom. The van der Waals surface area contributed by atoms with Gasteiger partial charge in [-0.15, -0.1) is 0 Å². The summed E-state index contributed by atoms with van der Waals surface area (Å²) in [6, 6.07) is 0.448. The van der Waals surface area contributed by atoms with Gasteiger partial charge in [-0.3, -0.25) is 4.79 Å². The van der Waals surface area contributed by atoms with Crippen molar-refractivity contribution in [2.75, 3.05) is 33.4 Å². The summed E-state index contributed by atoms with van der Waals surface area (Å²) >= 11 is 0. The first-order valence-corrected chi connectivity index (χ1v) is 6.81. The second-order valence-electron chi connectivity index (χ2n) is 5.25. The SMILES string of the molecule is CN(C(=O)CC1CCOCC1)C1CCNCC1. The smallest absolute Gasteiger partial charge is 0.222 e. The van der Waals surface area contributed by atoms with Gasteiger partial charge in [0.1, 0.15) is 0 Å². The first kappa shape index (κ1) is 12.8. The molecule has 2 fully saturated rings. The van der Waals surface area contributed by atoms with Crippen molar-refractivity contribution >= 4 is 5.91 Å². The molecule has 2 heterocycles. The van der Waals surface area contributed by atoms with Crippen molar-refractivity contribution in [3.63, 3.8) is 0 Å². The number of hydrogen-bond acceptors (Lipinski definition) is 3. The van der Waals surface area contributed by atoms with E-state index < -0.39 is 0 Å². The Hall–Kier alpha value is -0.610. The summed E-state index contributed by atoms with van der Waals surface area (Å²) in [4.78, 5) is 14.2. The summed E-state index contributed by atoms with van der Waals surface area (Å²) in [5.74, 6) is 0.865. The van der Waals surface area contributed by atoms with E-state index in [4.69, 9.17) is 4.74 Å². The van der Waals surface area contributed by atoms with Crippen LogP contribution in [-0.2, 0) is 9.53 Å². The van der Waals surface area contributed by atoms with Crippen LogP contribution in [0.2, 0.25) is 0 Å². The largest absolute Gasteiger partial charge is 0.381 e. The highest BCUT2D eigenvalue weighted by Crippen LogP contribution is 2.20. The van der Waals surface area contributed by atoms with Crippen LogP contribution in [0.15, 0.2) is 0 Å². The summed E-state index contributed by atoms with van der Waals surface area (Å²) in [6.07, 6.45) is 4.99. The van der Waals surface area contributed by atoms with E-state index in [-0.39, 0.29) is 0 Å². The number of carbonyl (C=O) groups excluding carboxylic acids is 1. The lowest BCUT2D eigenvalue weighted by Crippen LogP contribution is -2.44. The molecule has 17 heavy (non-hydrogen) atoms. The van der Waals surface area contributed by atoms with Crippen molar-refractivity contribution in [1.29, 1.82) is 0 Å². The maximum Gasteiger partial charge on any atom is 0.222 e. The molecule has 98 valence electrons. The van der Waals surface area contributed by atoms with Gasteiger partial charge in [-0.1, -0.05) is 0 Å². The molecule has 2 saturated heterocycles. The highest BCUT2D eigenvalue weighted by atomic mass is 16.5. The van der Waals surface area contributed by atoms with Gasteiger partial charge in [-0.2, -0.15) is 0 Å². The van der Waals surface area contributed by atoms with Gasteiger partial charge >= 0.3 is 0 Å². The van der Waals surface area contributed by atoms with Crippen molar-refractivity contribution in [3.8, 4) is 0 Å². The summed E-state index contributed by atoms with van der Waals surface area (Å²) in [5, 5.41) is 3.34. The van der Waals surface area contributed by atoms with Crippen LogP contribution in [0.25, 0.3) is 0 Å². The highest BCUT2D eigenvalue weighted by molar-refractivity contribution is 5.76. The monoisotopic (exact) mass is 240 g/mol. The van der Waals surface area contributed by atoms with Crippen molar-refractivity contribution in [2.45, 2.75) is 38.1 Å². The molecule has 2 aliphatic rings. The molecule has 0 aliphatic carbocycles. The van der Waals surface area contributed by atoms with Gasteiger partial charge in [0.2, 0.25) is 5.91 Å². The number of nitrogens with zero attached hydrogens (tertiary/aromatic N) is 1. The van der Waals surface area contributed by atoms with Crippen LogP contribution in [0, 0.1) is 5.92 Å². The second kappa shape index (κ2) is 6.36. The molecule has 1 amide bonds. The first-order valence-electron chi connectivity index (χ1n) is 6.81. The second-order valence-corrected chi connectivity index (χ2v) is 5.25. The van der Waals surface area contributed by atoms with Gasteiger partial charge in [0.15, 0.2) is 0 Å². The van der Waals surface area contributed by atoms with Crippen LogP contribution in [0.3, 0.4) is 0 Å². The minimum absolute atomic E-state index is 0.323.